The van der Waals surface area contributed by atoms with E-state index >= 15 is 0 Å². The van der Waals surface area contributed by atoms with Crippen molar-refractivity contribution in [1.29, 1.82) is 0 Å². The van der Waals surface area contributed by atoms with Crippen molar-refractivity contribution in [2.24, 2.45) is 5.92 Å². The lowest BCUT2D eigenvalue weighted by Crippen LogP contribution is -2.36. The van der Waals surface area contributed by atoms with Crippen LogP contribution in [0.2, 0.25) is 5.02 Å². The van der Waals surface area contributed by atoms with Gasteiger partial charge in [0.2, 0.25) is 5.91 Å². The number of benzene rings is 3. The van der Waals surface area contributed by atoms with Crippen molar-refractivity contribution in [2.75, 3.05) is 5.06 Å². The van der Waals surface area contributed by atoms with Gasteiger partial charge in [-0.3, -0.25) is 19.3 Å². The Balaban J connectivity index is 1.52. The van der Waals surface area contributed by atoms with Gasteiger partial charge in [0, 0.05) is 5.02 Å². The largest absolute Gasteiger partial charge is 0.275 e. The average Bonchev–Trinajstić information content (AvgIpc) is 3.28. The number of hydrogen-bond acceptors (Lipinski definition) is 4. The second-order valence-corrected chi connectivity index (χ2v) is 8.04. The van der Waals surface area contributed by atoms with E-state index in [1.807, 2.05) is 30.3 Å². The quantitative estimate of drug-likeness (QED) is 0.564. The third kappa shape index (κ3) is 3.48. The van der Waals surface area contributed by atoms with Crippen molar-refractivity contribution >= 4 is 29.1 Å². The summed E-state index contributed by atoms with van der Waals surface area (Å²) in [4.78, 5) is 33.8. The van der Waals surface area contributed by atoms with Crippen molar-refractivity contribution < 1.29 is 18.8 Å². The fourth-order valence-corrected chi connectivity index (χ4v) is 4.33. The normalized spacial score (nSPS) is 22.8. The summed E-state index contributed by atoms with van der Waals surface area (Å²) in [5.41, 5.74) is 2.20. The molecular weight excluding hydrogens is 419 g/mol. The Labute approximate surface area is 183 Å². The molecule has 3 aromatic carbocycles. The third-order valence-corrected chi connectivity index (χ3v) is 5.93. The lowest BCUT2D eigenvalue weighted by Gasteiger charge is -2.28. The molecule has 5 nitrogen and oxygen atoms in total. The van der Waals surface area contributed by atoms with Gasteiger partial charge in [0.05, 0.1) is 18.3 Å². The molecule has 5 rings (SSSR count). The summed E-state index contributed by atoms with van der Waals surface area (Å²) in [6, 6.07) is 21.6. The van der Waals surface area contributed by atoms with Gasteiger partial charge < -0.3 is 0 Å². The molecule has 0 N–H and O–H groups in total. The van der Waals surface area contributed by atoms with E-state index in [1.165, 1.54) is 17.0 Å². The number of carbonyl (C=O) groups excluding carboxylic acids is 2. The predicted molar refractivity (Wildman–Crippen MR) is 113 cm³/mol. The molecule has 2 fully saturated rings. The van der Waals surface area contributed by atoms with Gasteiger partial charge in [0.1, 0.15) is 11.7 Å². The Kier molecular flexibility index (Phi) is 4.96. The topological polar surface area (TPSA) is 49.9 Å². The molecule has 2 amide bonds. The van der Waals surface area contributed by atoms with Crippen LogP contribution in [-0.2, 0) is 21.0 Å². The summed E-state index contributed by atoms with van der Waals surface area (Å²) in [5, 5.41) is 2.12. The van der Waals surface area contributed by atoms with Crippen molar-refractivity contribution in [1.82, 2.24) is 4.90 Å². The number of amides is 2. The number of hydrogen-bond donors (Lipinski definition) is 0. The molecule has 0 spiro atoms. The van der Waals surface area contributed by atoms with Gasteiger partial charge >= 0.3 is 0 Å². The first-order valence-corrected chi connectivity index (χ1v) is 10.3. The van der Waals surface area contributed by atoms with Crippen LogP contribution >= 0.6 is 11.6 Å². The van der Waals surface area contributed by atoms with Crippen LogP contribution in [0.4, 0.5) is 10.1 Å². The Bertz CT molecular complexity index is 1120. The summed E-state index contributed by atoms with van der Waals surface area (Å²) in [7, 11) is 0. The number of nitrogens with zero attached hydrogens (tertiary/aromatic N) is 2. The molecule has 2 heterocycles. The van der Waals surface area contributed by atoms with E-state index in [1.54, 1.807) is 41.5 Å². The van der Waals surface area contributed by atoms with E-state index in [-0.39, 0.29) is 24.2 Å². The van der Waals surface area contributed by atoms with E-state index in [9.17, 15) is 14.0 Å². The minimum atomic E-state index is -0.943. The molecule has 2 aliphatic heterocycles. The summed E-state index contributed by atoms with van der Waals surface area (Å²) < 4.78 is 13.6. The van der Waals surface area contributed by atoms with Crippen molar-refractivity contribution in [3.63, 3.8) is 0 Å². The fraction of sp³-hybridized carbons (Fsp3) is 0.167. The Morgan fingerprint density at radius 2 is 1.55 bits per heavy atom. The summed E-state index contributed by atoms with van der Waals surface area (Å²) in [5.74, 6) is -1.79. The molecule has 156 valence electrons. The monoisotopic (exact) mass is 436 g/mol. The summed E-state index contributed by atoms with van der Waals surface area (Å²) in [6.07, 6.45) is -0.943. The number of carbonyl (C=O) groups is 2. The highest BCUT2D eigenvalue weighted by Gasteiger charge is 2.59. The van der Waals surface area contributed by atoms with E-state index in [0.29, 0.717) is 16.3 Å². The first-order chi connectivity index (χ1) is 15.0. The molecule has 0 radical (unpaired) electrons. The zero-order chi connectivity index (χ0) is 21.5. The van der Waals surface area contributed by atoms with Gasteiger partial charge in [0.25, 0.3) is 5.91 Å². The molecule has 3 atom stereocenters. The number of imide groups is 1. The maximum atomic E-state index is 13.6. The van der Waals surface area contributed by atoms with Gasteiger partial charge in [-0.2, -0.15) is 0 Å². The maximum Gasteiger partial charge on any atom is 0.262 e. The molecule has 0 aliphatic carbocycles. The molecule has 0 unspecified atom stereocenters. The predicted octanol–water partition coefficient (Wildman–Crippen LogP) is 4.53. The molecule has 2 saturated heterocycles. The van der Waals surface area contributed by atoms with E-state index in [2.05, 4.69) is 0 Å². The molecule has 0 saturated carbocycles. The number of halogens is 2. The highest BCUT2D eigenvalue weighted by Crippen LogP contribution is 2.47. The number of likely N-dealkylation sites (tertiary alicyclic amines) is 1. The Hall–Kier alpha value is -3.22. The van der Waals surface area contributed by atoms with Crippen LogP contribution in [0.5, 0.6) is 0 Å². The molecule has 3 aromatic rings. The first-order valence-electron chi connectivity index (χ1n) is 9.89. The van der Waals surface area contributed by atoms with E-state index < -0.39 is 18.1 Å². The Morgan fingerprint density at radius 3 is 2.23 bits per heavy atom. The summed E-state index contributed by atoms with van der Waals surface area (Å²) >= 11 is 6.01. The second kappa shape index (κ2) is 7.80. The number of fused-ring (bicyclic) bond motifs is 1. The van der Waals surface area contributed by atoms with Crippen LogP contribution in [0.15, 0.2) is 78.9 Å². The average molecular weight is 437 g/mol. The van der Waals surface area contributed by atoms with Crippen molar-refractivity contribution in [2.45, 2.75) is 18.7 Å². The zero-order valence-corrected chi connectivity index (χ0v) is 17.1. The highest BCUT2D eigenvalue weighted by atomic mass is 35.5. The van der Waals surface area contributed by atoms with Crippen molar-refractivity contribution in [3.05, 3.63) is 101 Å². The summed E-state index contributed by atoms with van der Waals surface area (Å²) in [6.45, 7) is 0.186. The molecule has 31 heavy (non-hydrogen) atoms. The molecule has 2 aliphatic rings. The van der Waals surface area contributed by atoms with E-state index in [4.69, 9.17) is 16.4 Å². The number of hydroxylamine groups is 1. The third-order valence-electron chi connectivity index (χ3n) is 5.68. The van der Waals surface area contributed by atoms with Crippen LogP contribution in [0, 0.1) is 11.7 Å². The second-order valence-electron chi connectivity index (χ2n) is 7.60. The fourth-order valence-electron chi connectivity index (χ4n) is 4.20. The van der Waals surface area contributed by atoms with Crippen molar-refractivity contribution in [3.8, 4) is 0 Å². The first kappa shape index (κ1) is 19.7. The smallest absolute Gasteiger partial charge is 0.262 e. The van der Waals surface area contributed by atoms with Crippen LogP contribution in [-0.4, -0.2) is 22.8 Å². The molecule has 0 bridgehead atoms. The van der Waals surface area contributed by atoms with Gasteiger partial charge in [0.15, 0.2) is 6.10 Å². The minimum absolute atomic E-state index is 0.186. The van der Waals surface area contributed by atoms with Crippen LogP contribution < -0.4 is 5.06 Å². The lowest BCUT2D eigenvalue weighted by atomic mass is 9.90. The Morgan fingerprint density at radius 1 is 0.871 bits per heavy atom. The number of rotatable bonds is 4. The minimum Gasteiger partial charge on any atom is -0.275 e. The van der Waals surface area contributed by atoms with E-state index in [0.717, 1.165) is 5.56 Å². The van der Waals surface area contributed by atoms with Crippen LogP contribution in [0.25, 0.3) is 0 Å². The standard InChI is InChI=1S/C24H18ClFN2O3/c25-17-8-12-19(13-9-17)28-21(16-6-10-18(26)11-7-16)20-22(31-28)24(30)27(23(20)29)14-15-4-2-1-3-5-15/h1-13,20-22H,14H2/t20-,21-,22-/m1/s1. The maximum absolute atomic E-state index is 13.6. The van der Waals surface area contributed by atoms with Gasteiger partial charge in [-0.1, -0.05) is 54.1 Å². The highest BCUT2D eigenvalue weighted by molar-refractivity contribution is 6.30. The molecule has 0 aromatic heterocycles. The molecule has 7 heteroatoms. The van der Waals surface area contributed by atoms with Gasteiger partial charge in [-0.05, 0) is 47.5 Å². The van der Waals surface area contributed by atoms with Gasteiger partial charge in [-0.25, -0.2) is 9.45 Å². The molecular formula is C24H18ClFN2O3. The van der Waals surface area contributed by atoms with Crippen LogP contribution in [0.3, 0.4) is 0 Å². The van der Waals surface area contributed by atoms with Crippen LogP contribution in [0.1, 0.15) is 17.2 Å². The lowest BCUT2D eigenvalue weighted by molar-refractivity contribution is -0.143. The zero-order valence-electron chi connectivity index (χ0n) is 16.3. The SMILES string of the molecule is O=C1[C@@H]2[C@@H](c3ccc(F)cc3)N(c3ccc(Cl)cc3)O[C@H]2C(=O)N1Cc1ccccc1. The van der Waals surface area contributed by atoms with Gasteiger partial charge in [-0.15, -0.1) is 0 Å². The number of anilines is 1.